The Balaban J connectivity index is 1.84. The Bertz CT molecular complexity index is 1020. The molecule has 0 bridgehead atoms. The van der Waals surface area contributed by atoms with Crippen molar-refractivity contribution >= 4 is 11.7 Å². The van der Waals surface area contributed by atoms with Crippen LogP contribution in [0.4, 0.5) is 10.5 Å². The average Bonchev–Trinajstić information content (AvgIpc) is 2.87. The fourth-order valence-electron chi connectivity index (χ4n) is 2.89. The van der Waals surface area contributed by atoms with Crippen molar-refractivity contribution in [3.63, 3.8) is 0 Å². The molecule has 0 aliphatic heterocycles. The maximum atomic E-state index is 12.9. The van der Waals surface area contributed by atoms with Gasteiger partial charge in [0.15, 0.2) is 0 Å². The summed E-state index contributed by atoms with van der Waals surface area (Å²) in [5.41, 5.74) is 1.92. The van der Waals surface area contributed by atoms with Gasteiger partial charge in [0.25, 0.3) is 5.56 Å². The molecule has 2 amide bonds. The molecular formula is C20H22N4O3. The Hall–Kier alpha value is -3.48. The largest absolute Gasteiger partial charge is 0.508 e. The predicted octanol–water partition coefficient (Wildman–Crippen LogP) is 2.85. The maximum Gasteiger partial charge on any atom is 0.322 e. The summed E-state index contributed by atoms with van der Waals surface area (Å²) in [7, 11) is 3.38. The zero-order valence-electron chi connectivity index (χ0n) is 15.5. The first-order valence-corrected chi connectivity index (χ1v) is 8.53. The second-order valence-corrected chi connectivity index (χ2v) is 6.35. The Kier molecular flexibility index (Phi) is 5.03. The van der Waals surface area contributed by atoms with Crippen molar-refractivity contribution in [3.8, 4) is 11.4 Å². The topological polar surface area (TPSA) is 79.5 Å². The van der Waals surface area contributed by atoms with Gasteiger partial charge in [-0.15, -0.1) is 0 Å². The van der Waals surface area contributed by atoms with Crippen molar-refractivity contribution in [2.75, 3.05) is 12.4 Å². The summed E-state index contributed by atoms with van der Waals surface area (Å²) in [6.07, 6.45) is 0. The molecule has 0 atom stereocenters. The molecule has 2 aromatic carbocycles. The zero-order valence-corrected chi connectivity index (χ0v) is 15.5. The smallest absolute Gasteiger partial charge is 0.322 e. The van der Waals surface area contributed by atoms with E-state index < -0.39 is 6.03 Å². The molecule has 0 aliphatic rings. The van der Waals surface area contributed by atoms with Crippen molar-refractivity contribution in [1.29, 1.82) is 0 Å². The Morgan fingerprint density at radius 1 is 1.11 bits per heavy atom. The van der Waals surface area contributed by atoms with E-state index in [-0.39, 0.29) is 23.5 Å². The lowest BCUT2D eigenvalue weighted by atomic mass is 10.2. The van der Waals surface area contributed by atoms with E-state index in [2.05, 4.69) is 5.32 Å². The summed E-state index contributed by atoms with van der Waals surface area (Å²) in [5, 5.41) is 12.6. The van der Waals surface area contributed by atoms with E-state index in [9.17, 15) is 14.7 Å². The summed E-state index contributed by atoms with van der Waals surface area (Å²) < 4.78 is 3.21. The number of benzene rings is 2. The second-order valence-electron chi connectivity index (χ2n) is 6.35. The van der Waals surface area contributed by atoms with E-state index in [0.717, 1.165) is 5.69 Å². The third kappa shape index (κ3) is 3.57. The highest BCUT2D eigenvalue weighted by molar-refractivity contribution is 5.89. The fourth-order valence-corrected chi connectivity index (χ4v) is 2.89. The number of hydrogen-bond donors (Lipinski definition) is 2. The molecule has 7 heteroatoms. The number of aromatic nitrogens is 2. The van der Waals surface area contributed by atoms with Gasteiger partial charge in [0.05, 0.1) is 17.9 Å². The van der Waals surface area contributed by atoms with Gasteiger partial charge in [0, 0.05) is 19.7 Å². The summed E-state index contributed by atoms with van der Waals surface area (Å²) in [6, 6.07) is 15.6. The van der Waals surface area contributed by atoms with Crippen LogP contribution >= 0.6 is 0 Å². The molecule has 1 heterocycles. The SMILES string of the molecule is Cc1c(NC(=O)N(C)Cc2ccccc2O)c(=O)n(-c2ccccc2)n1C. The van der Waals surface area contributed by atoms with E-state index in [1.54, 1.807) is 50.0 Å². The number of amides is 2. The minimum absolute atomic E-state index is 0.125. The number of phenolic OH excluding ortho intramolecular Hbond substituents is 1. The number of para-hydroxylation sites is 2. The summed E-state index contributed by atoms with van der Waals surface area (Å²) in [6.45, 7) is 2.00. The molecule has 0 aliphatic carbocycles. The number of phenols is 1. The number of nitrogens with zero attached hydrogens (tertiary/aromatic N) is 3. The minimum atomic E-state index is -0.427. The lowest BCUT2D eigenvalue weighted by molar-refractivity contribution is 0.220. The van der Waals surface area contributed by atoms with Crippen molar-refractivity contribution in [2.24, 2.45) is 7.05 Å². The van der Waals surface area contributed by atoms with E-state index in [1.807, 2.05) is 30.3 Å². The summed E-state index contributed by atoms with van der Waals surface area (Å²) >= 11 is 0. The molecule has 2 N–H and O–H groups in total. The van der Waals surface area contributed by atoms with Crippen LogP contribution in [-0.2, 0) is 13.6 Å². The summed E-state index contributed by atoms with van der Waals surface area (Å²) in [4.78, 5) is 26.8. The lowest BCUT2D eigenvalue weighted by Crippen LogP contribution is -2.33. The van der Waals surface area contributed by atoms with E-state index in [1.165, 1.54) is 9.58 Å². The van der Waals surface area contributed by atoms with Crippen LogP contribution in [0.3, 0.4) is 0 Å². The molecule has 0 saturated heterocycles. The Morgan fingerprint density at radius 2 is 1.74 bits per heavy atom. The number of nitrogens with one attached hydrogen (secondary N) is 1. The van der Waals surface area contributed by atoms with Crippen LogP contribution in [0.2, 0.25) is 0 Å². The van der Waals surface area contributed by atoms with Crippen LogP contribution in [0.25, 0.3) is 5.69 Å². The number of carbonyl (C=O) groups excluding carboxylic acids is 1. The monoisotopic (exact) mass is 366 g/mol. The number of urea groups is 1. The molecule has 27 heavy (non-hydrogen) atoms. The third-order valence-corrected chi connectivity index (χ3v) is 4.53. The predicted molar refractivity (Wildman–Crippen MR) is 104 cm³/mol. The molecule has 140 valence electrons. The number of anilines is 1. The Labute approximate surface area is 157 Å². The van der Waals surface area contributed by atoms with Crippen LogP contribution < -0.4 is 10.9 Å². The van der Waals surface area contributed by atoms with Gasteiger partial charge >= 0.3 is 6.03 Å². The molecule has 3 aromatic rings. The van der Waals surface area contributed by atoms with Gasteiger partial charge in [-0.05, 0) is 25.1 Å². The average molecular weight is 366 g/mol. The van der Waals surface area contributed by atoms with Gasteiger partial charge in [-0.3, -0.25) is 9.48 Å². The highest BCUT2D eigenvalue weighted by Gasteiger charge is 2.20. The molecular weight excluding hydrogens is 344 g/mol. The molecule has 0 radical (unpaired) electrons. The molecule has 7 nitrogen and oxygen atoms in total. The quantitative estimate of drug-likeness (QED) is 0.745. The molecule has 0 saturated carbocycles. The summed E-state index contributed by atoms with van der Waals surface area (Å²) in [5.74, 6) is 0.125. The van der Waals surface area contributed by atoms with Gasteiger partial charge in [0.2, 0.25) is 0 Å². The van der Waals surface area contributed by atoms with Gasteiger partial charge in [-0.1, -0.05) is 36.4 Å². The highest BCUT2D eigenvalue weighted by Crippen LogP contribution is 2.18. The van der Waals surface area contributed by atoms with Gasteiger partial charge in [-0.25, -0.2) is 9.48 Å². The highest BCUT2D eigenvalue weighted by atomic mass is 16.3. The Morgan fingerprint density at radius 3 is 2.41 bits per heavy atom. The van der Waals surface area contributed by atoms with Crippen LogP contribution in [0.1, 0.15) is 11.3 Å². The number of hydrogen-bond acceptors (Lipinski definition) is 3. The van der Waals surface area contributed by atoms with Crippen molar-refractivity contribution in [1.82, 2.24) is 14.3 Å². The van der Waals surface area contributed by atoms with Gasteiger partial charge in [-0.2, -0.15) is 0 Å². The van der Waals surface area contributed by atoms with Crippen LogP contribution in [0, 0.1) is 6.92 Å². The number of rotatable bonds is 4. The van der Waals surface area contributed by atoms with Crippen molar-refractivity contribution < 1.29 is 9.90 Å². The third-order valence-electron chi connectivity index (χ3n) is 4.53. The molecule has 3 rings (SSSR count). The van der Waals surface area contributed by atoms with E-state index in [0.29, 0.717) is 11.3 Å². The maximum absolute atomic E-state index is 12.9. The van der Waals surface area contributed by atoms with E-state index in [4.69, 9.17) is 0 Å². The second kappa shape index (κ2) is 7.41. The number of carbonyl (C=O) groups is 1. The molecule has 0 fully saturated rings. The van der Waals surface area contributed by atoms with Crippen molar-refractivity contribution in [2.45, 2.75) is 13.5 Å². The fraction of sp³-hybridized carbons (Fsp3) is 0.200. The molecule has 0 spiro atoms. The van der Waals surface area contributed by atoms with Crippen LogP contribution in [0.15, 0.2) is 59.4 Å². The lowest BCUT2D eigenvalue weighted by Gasteiger charge is -2.18. The van der Waals surface area contributed by atoms with Gasteiger partial charge < -0.3 is 15.3 Å². The first kappa shape index (κ1) is 18.3. The molecule has 1 aromatic heterocycles. The van der Waals surface area contributed by atoms with E-state index >= 15 is 0 Å². The number of aromatic hydroxyl groups is 1. The standard InChI is InChI=1S/C20H22N4O3/c1-14-18(19(26)24(23(14)3)16-10-5-4-6-11-16)21-20(27)22(2)13-15-9-7-8-12-17(15)25/h4-12,25H,13H2,1-3H3,(H,21,27). The van der Waals surface area contributed by atoms with Crippen LogP contribution in [-0.4, -0.2) is 32.4 Å². The van der Waals surface area contributed by atoms with Crippen LogP contribution in [0.5, 0.6) is 5.75 Å². The first-order valence-electron chi connectivity index (χ1n) is 8.53. The van der Waals surface area contributed by atoms with Gasteiger partial charge in [0.1, 0.15) is 11.4 Å². The minimum Gasteiger partial charge on any atom is -0.508 e. The normalized spacial score (nSPS) is 10.6. The zero-order chi connectivity index (χ0) is 19.6. The molecule has 0 unspecified atom stereocenters. The first-order chi connectivity index (χ1) is 12.9. The van der Waals surface area contributed by atoms with Crippen molar-refractivity contribution in [3.05, 3.63) is 76.2 Å².